The Labute approximate surface area is 113 Å². The summed E-state index contributed by atoms with van der Waals surface area (Å²) in [5, 5.41) is 0. The maximum atomic E-state index is 3.57. The van der Waals surface area contributed by atoms with Crippen LogP contribution in [0.3, 0.4) is 0 Å². The minimum Gasteiger partial charge on any atom is -0.0991 e. The first-order valence-corrected chi connectivity index (χ1v) is 6.61. The van der Waals surface area contributed by atoms with Crippen LogP contribution in [0.5, 0.6) is 0 Å². The van der Waals surface area contributed by atoms with E-state index in [4.69, 9.17) is 0 Å². The number of hydrogen-bond acceptors (Lipinski definition) is 0. The molecule has 0 spiro atoms. The highest BCUT2D eigenvalue weighted by Crippen LogP contribution is 2.04. The molecule has 0 radical (unpaired) electrons. The standard InChI is InChI=1S/C10H14.C8H12/c1-3-4-10-7-5-9(2)6-8-10;1-4-6-8(3)7-5-2/h5-8H,3-4H2,1-2H3;4-7H,1H2,2-3H3/b;7-5-,8-6-. The summed E-state index contributed by atoms with van der Waals surface area (Å²) in [6, 6.07) is 8.76. The van der Waals surface area contributed by atoms with Crippen molar-refractivity contribution in [3.05, 3.63) is 71.8 Å². The molecule has 0 unspecified atom stereocenters. The summed E-state index contributed by atoms with van der Waals surface area (Å²) >= 11 is 0. The van der Waals surface area contributed by atoms with E-state index in [1.54, 1.807) is 6.08 Å². The van der Waals surface area contributed by atoms with Crippen molar-refractivity contribution in [1.29, 1.82) is 0 Å². The molecule has 0 atom stereocenters. The van der Waals surface area contributed by atoms with Crippen LogP contribution < -0.4 is 0 Å². The smallest absolute Gasteiger partial charge is 0.0281 e. The molecule has 1 aromatic rings. The van der Waals surface area contributed by atoms with Crippen LogP contribution in [0.25, 0.3) is 0 Å². The predicted molar refractivity (Wildman–Crippen MR) is 83.9 cm³/mol. The fourth-order valence-electron chi connectivity index (χ4n) is 1.55. The highest BCUT2D eigenvalue weighted by molar-refractivity contribution is 5.21. The van der Waals surface area contributed by atoms with Gasteiger partial charge >= 0.3 is 0 Å². The highest BCUT2D eigenvalue weighted by atomic mass is 13.9. The van der Waals surface area contributed by atoms with Gasteiger partial charge in [0.25, 0.3) is 0 Å². The Balaban J connectivity index is 0.000000331. The molecule has 0 saturated carbocycles. The largest absolute Gasteiger partial charge is 0.0991 e. The molecular weight excluding hydrogens is 216 g/mol. The van der Waals surface area contributed by atoms with E-state index < -0.39 is 0 Å². The van der Waals surface area contributed by atoms with Crippen molar-refractivity contribution in [2.24, 2.45) is 0 Å². The van der Waals surface area contributed by atoms with Crippen LogP contribution in [0.2, 0.25) is 0 Å². The van der Waals surface area contributed by atoms with Crippen LogP contribution in [0.4, 0.5) is 0 Å². The van der Waals surface area contributed by atoms with Crippen molar-refractivity contribution < 1.29 is 0 Å². The number of benzene rings is 1. The summed E-state index contributed by atoms with van der Waals surface area (Å²) in [7, 11) is 0. The Hall–Kier alpha value is -1.56. The quantitative estimate of drug-likeness (QED) is 0.599. The lowest BCUT2D eigenvalue weighted by atomic mass is 10.1. The molecule has 0 N–H and O–H groups in total. The van der Waals surface area contributed by atoms with E-state index in [-0.39, 0.29) is 0 Å². The maximum Gasteiger partial charge on any atom is -0.0281 e. The molecule has 0 aliphatic heterocycles. The summed E-state index contributed by atoms with van der Waals surface area (Å²) in [6.45, 7) is 11.9. The van der Waals surface area contributed by atoms with E-state index >= 15 is 0 Å². The van der Waals surface area contributed by atoms with Gasteiger partial charge in [0.1, 0.15) is 0 Å². The lowest BCUT2D eigenvalue weighted by molar-refractivity contribution is 0.921. The topological polar surface area (TPSA) is 0 Å². The van der Waals surface area contributed by atoms with Crippen LogP contribution in [0, 0.1) is 6.92 Å². The van der Waals surface area contributed by atoms with Crippen LogP contribution in [-0.2, 0) is 6.42 Å². The number of aryl methyl sites for hydroxylation is 2. The van der Waals surface area contributed by atoms with Crippen LogP contribution >= 0.6 is 0 Å². The van der Waals surface area contributed by atoms with Crippen LogP contribution in [0.15, 0.2) is 60.7 Å². The third-order valence-electron chi connectivity index (χ3n) is 2.47. The van der Waals surface area contributed by atoms with Crippen LogP contribution in [-0.4, -0.2) is 0 Å². The molecule has 1 rings (SSSR count). The average molecular weight is 242 g/mol. The Bertz CT molecular complexity index is 377. The molecule has 18 heavy (non-hydrogen) atoms. The Morgan fingerprint density at radius 2 is 1.83 bits per heavy atom. The Morgan fingerprint density at radius 1 is 1.22 bits per heavy atom. The lowest BCUT2D eigenvalue weighted by Gasteiger charge is -1.97. The van der Waals surface area contributed by atoms with Gasteiger partial charge in [0.2, 0.25) is 0 Å². The molecule has 0 saturated heterocycles. The Kier molecular flexibility index (Phi) is 9.67. The second kappa shape index (κ2) is 10.6. The third kappa shape index (κ3) is 8.58. The summed E-state index contributed by atoms with van der Waals surface area (Å²) in [6.07, 6.45) is 10.3. The molecule has 0 heteroatoms. The molecule has 0 heterocycles. The zero-order valence-electron chi connectivity index (χ0n) is 12.2. The van der Waals surface area contributed by atoms with Crippen molar-refractivity contribution in [2.45, 2.75) is 40.5 Å². The maximum absolute atomic E-state index is 3.57. The predicted octanol–water partition coefficient (Wildman–Crippen LogP) is 5.64. The van der Waals surface area contributed by atoms with Crippen molar-refractivity contribution >= 4 is 0 Å². The zero-order chi connectivity index (χ0) is 13.8. The van der Waals surface area contributed by atoms with E-state index in [9.17, 15) is 0 Å². The van der Waals surface area contributed by atoms with Gasteiger partial charge in [-0.3, -0.25) is 0 Å². The van der Waals surface area contributed by atoms with E-state index in [2.05, 4.69) is 44.7 Å². The molecule has 0 fully saturated rings. The van der Waals surface area contributed by atoms with Crippen molar-refractivity contribution in [1.82, 2.24) is 0 Å². The summed E-state index contributed by atoms with van der Waals surface area (Å²) < 4.78 is 0. The fourth-order valence-corrected chi connectivity index (χ4v) is 1.55. The van der Waals surface area contributed by atoms with E-state index in [1.165, 1.54) is 29.5 Å². The zero-order valence-corrected chi connectivity index (χ0v) is 12.2. The molecule has 0 bridgehead atoms. The van der Waals surface area contributed by atoms with Gasteiger partial charge in [-0.25, -0.2) is 0 Å². The van der Waals surface area contributed by atoms with Crippen molar-refractivity contribution in [3.63, 3.8) is 0 Å². The molecule has 98 valence electrons. The number of allylic oxidation sites excluding steroid dienone is 5. The van der Waals surface area contributed by atoms with Gasteiger partial charge in [-0.15, -0.1) is 0 Å². The van der Waals surface area contributed by atoms with E-state index in [1.807, 2.05) is 32.1 Å². The summed E-state index contributed by atoms with van der Waals surface area (Å²) in [5.74, 6) is 0. The molecule has 0 aliphatic carbocycles. The number of rotatable bonds is 4. The summed E-state index contributed by atoms with van der Waals surface area (Å²) in [5.41, 5.74) is 4.04. The van der Waals surface area contributed by atoms with Gasteiger partial charge in [-0.05, 0) is 32.8 Å². The van der Waals surface area contributed by atoms with Gasteiger partial charge in [0, 0.05) is 0 Å². The van der Waals surface area contributed by atoms with Gasteiger partial charge in [0.05, 0.1) is 0 Å². The fraction of sp³-hybridized carbons (Fsp3) is 0.333. The van der Waals surface area contributed by atoms with Gasteiger partial charge < -0.3 is 0 Å². The van der Waals surface area contributed by atoms with Gasteiger partial charge in [-0.1, -0.05) is 79.6 Å². The molecule has 0 amide bonds. The average Bonchev–Trinajstić information content (AvgIpc) is 2.34. The minimum absolute atomic E-state index is 1.21. The first-order chi connectivity index (χ1) is 8.63. The second-order valence-electron chi connectivity index (χ2n) is 4.38. The van der Waals surface area contributed by atoms with E-state index in [0.29, 0.717) is 0 Å². The number of hydrogen-bond donors (Lipinski definition) is 0. The Morgan fingerprint density at radius 3 is 2.28 bits per heavy atom. The highest BCUT2D eigenvalue weighted by Gasteiger charge is 1.88. The SMILES string of the molecule is C=C/C=C(C)\C=C/C.CCCc1ccc(C)cc1. The normalized spacial score (nSPS) is 11.0. The lowest BCUT2D eigenvalue weighted by Crippen LogP contribution is -1.81. The van der Waals surface area contributed by atoms with Crippen molar-refractivity contribution in [2.75, 3.05) is 0 Å². The second-order valence-corrected chi connectivity index (χ2v) is 4.38. The first-order valence-electron chi connectivity index (χ1n) is 6.61. The molecule has 0 aliphatic rings. The molecular formula is C18H26. The van der Waals surface area contributed by atoms with E-state index in [0.717, 1.165) is 0 Å². The van der Waals surface area contributed by atoms with Crippen LogP contribution in [0.1, 0.15) is 38.3 Å². The molecule has 0 aromatic heterocycles. The first kappa shape index (κ1) is 16.4. The third-order valence-corrected chi connectivity index (χ3v) is 2.47. The van der Waals surface area contributed by atoms with Gasteiger partial charge in [-0.2, -0.15) is 0 Å². The monoisotopic (exact) mass is 242 g/mol. The summed E-state index contributed by atoms with van der Waals surface area (Å²) in [4.78, 5) is 0. The van der Waals surface area contributed by atoms with Crippen molar-refractivity contribution in [3.8, 4) is 0 Å². The van der Waals surface area contributed by atoms with Gasteiger partial charge in [0.15, 0.2) is 0 Å². The minimum atomic E-state index is 1.21. The molecule has 1 aromatic carbocycles. The molecule has 0 nitrogen and oxygen atoms in total.